The zero-order valence-electron chi connectivity index (χ0n) is 19.4. The van der Waals surface area contributed by atoms with E-state index in [1.54, 1.807) is 13.8 Å². The Balaban J connectivity index is 1.37. The van der Waals surface area contributed by atoms with Crippen molar-refractivity contribution in [2.24, 2.45) is 0 Å². The summed E-state index contributed by atoms with van der Waals surface area (Å²) in [4.78, 5) is 57.5. The van der Waals surface area contributed by atoms with Crippen LogP contribution in [0.3, 0.4) is 0 Å². The molecule has 2 atom stereocenters. The van der Waals surface area contributed by atoms with Gasteiger partial charge >= 0.3 is 25.4 Å². The molecule has 1 aromatic rings. The molecule has 14 nitrogen and oxygen atoms in total. The summed E-state index contributed by atoms with van der Waals surface area (Å²) in [5.74, 6) is -2.25. The predicted molar refractivity (Wildman–Crippen MR) is 127 cm³/mol. The number of hydroxylamine groups is 2. The van der Waals surface area contributed by atoms with Gasteiger partial charge in [0.1, 0.15) is 12.6 Å². The van der Waals surface area contributed by atoms with Crippen LogP contribution in [-0.2, 0) is 47.2 Å². The van der Waals surface area contributed by atoms with Gasteiger partial charge in [-0.05, 0) is 19.1 Å². The first-order valence-corrected chi connectivity index (χ1v) is 15.4. The number of thioether (sulfide) groups is 2. The fourth-order valence-electron chi connectivity index (χ4n) is 2.89. The van der Waals surface area contributed by atoms with Crippen LogP contribution in [-0.4, -0.2) is 88.8 Å². The minimum Gasteiger partial charge on any atom is -0.450 e. The van der Waals surface area contributed by atoms with Crippen molar-refractivity contribution >= 4 is 66.2 Å². The molecule has 3 rings (SSSR count). The molecule has 3 heterocycles. The Morgan fingerprint density at radius 3 is 2.53 bits per heavy atom. The first-order valence-electron chi connectivity index (χ1n) is 10.9. The summed E-state index contributed by atoms with van der Waals surface area (Å²) in [5.41, 5.74) is 0. The average Bonchev–Trinajstić information content (AvgIpc) is 3.55. The number of amides is 2. The summed E-state index contributed by atoms with van der Waals surface area (Å²) in [6.45, 7) is 3.87. The zero-order valence-corrected chi connectivity index (χ0v) is 22.8. The van der Waals surface area contributed by atoms with Gasteiger partial charge in [0.25, 0.3) is 0 Å². The van der Waals surface area contributed by atoms with Gasteiger partial charge in [0.2, 0.25) is 12.0 Å². The van der Waals surface area contributed by atoms with Crippen molar-refractivity contribution in [1.82, 2.24) is 20.7 Å². The summed E-state index contributed by atoms with van der Waals surface area (Å²) in [6, 6.07) is -1.04. The van der Waals surface area contributed by atoms with E-state index >= 15 is 0 Å². The highest BCUT2D eigenvalue weighted by molar-refractivity contribution is 8.03. The highest BCUT2D eigenvalue weighted by atomic mass is 32.2. The quantitative estimate of drug-likeness (QED) is 0.189. The second-order valence-corrected chi connectivity index (χ2v) is 12.8. The van der Waals surface area contributed by atoms with Crippen molar-refractivity contribution in [1.29, 1.82) is 0 Å². The van der Waals surface area contributed by atoms with Gasteiger partial charge in [-0.1, -0.05) is 34.9 Å². The number of nitrogens with one attached hydrogen (secondary N) is 1. The molecule has 0 saturated carbocycles. The minimum atomic E-state index is -3.13. The molecular formula is C18H25N4O10PS3. The van der Waals surface area contributed by atoms with Crippen molar-refractivity contribution < 1.29 is 47.2 Å². The number of hydrogen-bond donors (Lipinski definition) is 1. The van der Waals surface area contributed by atoms with Crippen molar-refractivity contribution in [2.45, 2.75) is 47.5 Å². The van der Waals surface area contributed by atoms with E-state index in [9.17, 15) is 23.7 Å². The monoisotopic (exact) mass is 584 g/mol. The molecule has 2 aliphatic heterocycles. The molecule has 200 valence electrons. The maximum atomic E-state index is 12.5. The van der Waals surface area contributed by atoms with E-state index in [2.05, 4.69) is 15.5 Å². The smallest absolute Gasteiger partial charge is 0.375 e. The SMILES string of the molecule is CCOP(=O)(CCSc1nnc(SCC(=O)N[C@H]2CON(OC(=O)C3CCC(=O)O3)C2=O)s1)OCC. The zero-order chi connectivity index (χ0) is 26.1. The maximum Gasteiger partial charge on any atom is 0.375 e. The molecule has 1 unspecified atom stereocenters. The first kappa shape index (κ1) is 28.8. The molecule has 0 radical (unpaired) electrons. The van der Waals surface area contributed by atoms with Crippen LogP contribution in [0.15, 0.2) is 8.68 Å². The van der Waals surface area contributed by atoms with Gasteiger partial charge < -0.3 is 23.9 Å². The van der Waals surface area contributed by atoms with Crippen LogP contribution in [0.4, 0.5) is 0 Å². The van der Waals surface area contributed by atoms with Gasteiger partial charge in [-0.15, -0.1) is 10.2 Å². The van der Waals surface area contributed by atoms with Crippen LogP contribution < -0.4 is 5.32 Å². The Morgan fingerprint density at radius 1 is 1.19 bits per heavy atom. The molecule has 36 heavy (non-hydrogen) atoms. The molecule has 2 fully saturated rings. The Labute approximate surface area is 218 Å². The minimum absolute atomic E-state index is 0.0369. The Kier molecular flexibility index (Phi) is 11.0. The van der Waals surface area contributed by atoms with Gasteiger partial charge in [0.05, 0.1) is 25.1 Å². The topological polar surface area (TPSA) is 173 Å². The highest BCUT2D eigenvalue weighted by Crippen LogP contribution is 2.48. The van der Waals surface area contributed by atoms with E-state index < -0.39 is 43.5 Å². The molecule has 0 spiro atoms. The lowest BCUT2D eigenvalue weighted by molar-refractivity contribution is -0.306. The molecular weight excluding hydrogens is 559 g/mol. The van der Waals surface area contributed by atoms with Crippen LogP contribution in [0.1, 0.15) is 26.7 Å². The fraction of sp³-hybridized carbons (Fsp3) is 0.667. The van der Waals surface area contributed by atoms with Crippen LogP contribution in [0.25, 0.3) is 0 Å². The molecule has 2 aliphatic rings. The lowest BCUT2D eigenvalue weighted by atomic mass is 10.2. The number of hydrogen-bond acceptors (Lipinski definition) is 15. The summed E-state index contributed by atoms with van der Waals surface area (Å²) in [6.07, 6.45) is -0.611. The van der Waals surface area contributed by atoms with Crippen molar-refractivity contribution in [3.63, 3.8) is 0 Å². The number of esters is 1. The molecule has 1 N–H and O–H groups in total. The number of carbonyl (C=O) groups excluding carboxylic acids is 4. The Bertz CT molecular complexity index is 1000. The lowest BCUT2D eigenvalue weighted by Gasteiger charge is -2.15. The van der Waals surface area contributed by atoms with E-state index in [-0.39, 0.29) is 31.4 Å². The summed E-state index contributed by atoms with van der Waals surface area (Å²) in [5, 5.41) is 10.9. The standard InChI is InChI=1S/C18H25N4O10PS3/c1-3-29-33(27,30-4-2)7-8-34-17-20-21-18(36-17)35-10-13(23)19-11-9-28-22(15(11)25)32-16(26)12-5-6-14(24)31-12/h11-12H,3-10H2,1-2H3,(H,19,23)/t11-,12?/m0/s1. The molecule has 2 saturated heterocycles. The number of rotatable bonds is 14. The molecule has 1 aromatic heterocycles. The van der Waals surface area contributed by atoms with Crippen LogP contribution >= 0.6 is 42.5 Å². The number of cyclic esters (lactones) is 1. The summed E-state index contributed by atoms with van der Waals surface area (Å²) >= 11 is 3.77. The third-order valence-corrected chi connectivity index (χ3v) is 10.0. The first-order chi connectivity index (χ1) is 17.2. The molecule has 2 amide bonds. The molecule has 0 bridgehead atoms. The lowest BCUT2D eigenvalue weighted by Crippen LogP contribution is -2.44. The second kappa shape index (κ2) is 13.7. The van der Waals surface area contributed by atoms with Crippen LogP contribution in [0.5, 0.6) is 0 Å². The third kappa shape index (κ3) is 8.39. The highest BCUT2D eigenvalue weighted by Gasteiger charge is 2.40. The Hall–Kier alpha value is -1.75. The average molecular weight is 585 g/mol. The van der Waals surface area contributed by atoms with E-state index in [1.165, 1.54) is 23.1 Å². The molecule has 0 aromatic carbocycles. The van der Waals surface area contributed by atoms with Crippen LogP contribution in [0, 0.1) is 0 Å². The van der Waals surface area contributed by atoms with Crippen LogP contribution in [0.2, 0.25) is 0 Å². The van der Waals surface area contributed by atoms with Crippen molar-refractivity contribution in [3.8, 4) is 0 Å². The second-order valence-electron chi connectivity index (χ2n) is 7.08. The third-order valence-electron chi connectivity index (χ3n) is 4.45. The summed E-state index contributed by atoms with van der Waals surface area (Å²) < 4.78 is 28.9. The van der Waals surface area contributed by atoms with E-state index in [4.69, 9.17) is 23.5 Å². The Morgan fingerprint density at radius 2 is 1.89 bits per heavy atom. The van der Waals surface area contributed by atoms with Gasteiger partial charge in [-0.25, -0.2) is 9.63 Å². The van der Waals surface area contributed by atoms with E-state index in [0.29, 0.717) is 32.9 Å². The van der Waals surface area contributed by atoms with Crippen molar-refractivity contribution in [3.05, 3.63) is 0 Å². The number of aromatic nitrogens is 2. The normalized spacial score (nSPS) is 20.0. The van der Waals surface area contributed by atoms with E-state index in [1.807, 2.05) is 0 Å². The maximum absolute atomic E-state index is 12.5. The molecule has 0 aliphatic carbocycles. The number of carbonyl (C=O) groups is 4. The van der Waals surface area contributed by atoms with Gasteiger partial charge in [0, 0.05) is 18.6 Å². The van der Waals surface area contributed by atoms with E-state index in [0.717, 1.165) is 11.8 Å². The largest absolute Gasteiger partial charge is 0.450 e. The van der Waals surface area contributed by atoms with Gasteiger partial charge in [-0.2, -0.15) is 0 Å². The fourth-order valence-corrected chi connectivity index (χ4v) is 7.82. The van der Waals surface area contributed by atoms with Gasteiger partial charge in [0.15, 0.2) is 8.68 Å². The number of nitrogens with zero attached hydrogens (tertiary/aromatic N) is 3. The predicted octanol–water partition coefficient (Wildman–Crippen LogP) is 1.41. The molecule has 18 heteroatoms. The van der Waals surface area contributed by atoms with Crippen molar-refractivity contribution in [2.75, 3.05) is 37.5 Å². The summed E-state index contributed by atoms with van der Waals surface area (Å²) in [7, 11) is -3.13. The number of ether oxygens (including phenoxy) is 1. The van der Waals surface area contributed by atoms with Gasteiger partial charge in [-0.3, -0.25) is 18.9 Å².